The zero-order valence-electron chi connectivity index (χ0n) is 11.1. The average molecular weight is 271 g/mol. The summed E-state index contributed by atoms with van der Waals surface area (Å²) < 4.78 is 0. The Morgan fingerprint density at radius 2 is 2.00 bits per heavy atom. The molecule has 19 heavy (non-hydrogen) atoms. The molecule has 7 heteroatoms. The van der Waals surface area contributed by atoms with Gasteiger partial charge in [0, 0.05) is 19.1 Å². The van der Waals surface area contributed by atoms with Gasteiger partial charge in [-0.15, -0.1) is 0 Å². The van der Waals surface area contributed by atoms with E-state index < -0.39 is 5.97 Å². The van der Waals surface area contributed by atoms with E-state index in [0.29, 0.717) is 19.5 Å². The van der Waals surface area contributed by atoms with Crippen LogP contribution >= 0.6 is 0 Å². The van der Waals surface area contributed by atoms with Crippen LogP contribution in [0.4, 0.5) is 4.79 Å². The second kappa shape index (κ2) is 7.60. The van der Waals surface area contributed by atoms with Crippen molar-refractivity contribution >= 4 is 17.9 Å². The molecule has 0 spiro atoms. The highest BCUT2D eigenvalue weighted by molar-refractivity contribution is 5.84. The Bertz CT molecular complexity index is 346. The number of carbonyl (C=O) groups is 3. The lowest BCUT2D eigenvalue weighted by Gasteiger charge is -2.34. The van der Waals surface area contributed by atoms with E-state index in [9.17, 15) is 14.4 Å². The van der Waals surface area contributed by atoms with Gasteiger partial charge in [-0.1, -0.05) is 0 Å². The highest BCUT2D eigenvalue weighted by Crippen LogP contribution is 2.19. The Labute approximate surface area is 112 Å². The van der Waals surface area contributed by atoms with Gasteiger partial charge in [-0.25, -0.2) is 4.79 Å². The van der Waals surface area contributed by atoms with E-state index in [0.717, 1.165) is 12.8 Å². The molecule has 0 aromatic heterocycles. The first-order valence-electron chi connectivity index (χ1n) is 6.57. The van der Waals surface area contributed by atoms with E-state index in [1.54, 1.807) is 6.92 Å². The van der Waals surface area contributed by atoms with Gasteiger partial charge in [0.15, 0.2) is 0 Å². The maximum atomic E-state index is 11.9. The highest BCUT2D eigenvalue weighted by atomic mass is 16.4. The molecular formula is C12H21N3O4. The van der Waals surface area contributed by atoms with Crippen molar-refractivity contribution in [1.29, 1.82) is 0 Å². The predicted molar refractivity (Wildman–Crippen MR) is 68.7 cm³/mol. The third-order valence-corrected chi connectivity index (χ3v) is 3.07. The molecule has 0 radical (unpaired) electrons. The van der Waals surface area contributed by atoms with Gasteiger partial charge < -0.3 is 20.6 Å². The first-order chi connectivity index (χ1) is 9.04. The summed E-state index contributed by atoms with van der Waals surface area (Å²) in [5, 5.41) is 13.9. The number of hydrogen-bond acceptors (Lipinski definition) is 3. The quantitative estimate of drug-likeness (QED) is 0.663. The second-order valence-electron chi connectivity index (χ2n) is 4.55. The first kappa shape index (κ1) is 15.3. The zero-order chi connectivity index (χ0) is 14.3. The molecule has 7 nitrogen and oxygen atoms in total. The fourth-order valence-corrected chi connectivity index (χ4v) is 2.20. The van der Waals surface area contributed by atoms with Crippen LogP contribution in [-0.4, -0.2) is 53.6 Å². The highest BCUT2D eigenvalue weighted by Gasteiger charge is 2.28. The third-order valence-electron chi connectivity index (χ3n) is 3.07. The molecule has 1 saturated heterocycles. The van der Waals surface area contributed by atoms with E-state index in [-0.39, 0.29) is 30.9 Å². The molecule has 1 atom stereocenters. The molecule has 1 fully saturated rings. The van der Waals surface area contributed by atoms with Crippen LogP contribution in [-0.2, 0) is 9.59 Å². The number of piperidine rings is 1. The number of aliphatic carboxylic acids is 1. The summed E-state index contributed by atoms with van der Waals surface area (Å²) >= 11 is 0. The van der Waals surface area contributed by atoms with Crippen molar-refractivity contribution in [2.75, 3.05) is 19.6 Å². The Morgan fingerprint density at radius 1 is 1.26 bits per heavy atom. The molecule has 0 saturated carbocycles. The van der Waals surface area contributed by atoms with Gasteiger partial charge in [-0.3, -0.25) is 9.59 Å². The maximum Gasteiger partial charge on any atom is 0.318 e. The summed E-state index contributed by atoms with van der Waals surface area (Å²) in [6, 6.07) is -0.641. The lowest BCUT2D eigenvalue weighted by atomic mass is 10.00. The van der Waals surface area contributed by atoms with Crippen molar-refractivity contribution in [2.45, 2.75) is 38.6 Å². The van der Waals surface area contributed by atoms with Gasteiger partial charge in [-0.2, -0.15) is 0 Å². The average Bonchev–Trinajstić information content (AvgIpc) is 2.36. The van der Waals surface area contributed by atoms with Crippen molar-refractivity contribution in [3.8, 4) is 0 Å². The molecule has 0 aromatic carbocycles. The fourth-order valence-electron chi connectivity index (χ4n) is 2.20. The lowest BCUT2D eigenvalue weighted by Crippen LogP contribution is -2.51. The van der Waals surface area contributed by atoms with E-state index in [1.165, 1.54) is 4.90 Å². The van der Waals surface area contributed by atoms with Crippen LogP contribution in [0.1, 0.15) is 32.6 Å². The molecule has 108 valence electrons. The largest absolute Gasteiger partial charge is 0.481 e. The number of likely N-dealkylation sites (N-methyl/N-ethyl adjacent to an activating group) is 1. The van der Waals surface area contributed by atoms with E-state index in [4.69, 9.17) is 5.11 Å². The number of amides is 3. The van der Waals surface area contributed by atoms with Gasteiger partial charge in [0.05, 0.1) is 13.0 Å². The van der Waals surface area contributed by atoms with Crippen LogP contribution in [0.3, 0.4) is 0 Å². The molecule has 1 rings (SSSR count). The number of likely N-dealkylation sites (tertiary alicyclic amines) is 1. The monoisotopic (exact) mass is 271 g/mol. The summed E-state index contributed by atoms with van der Waals surface area (Å²) in [4.78, 5) is 35.5. The van der Waals surface area contributed by atoms with Crippen LogP contribution in [0.5, 0.6) is 0 Å². The maximum absolute atomic E-state index is 11.9. The summed E-state index contributed by atoms with van der Waals surface area (Å²) in [7, 11) is 0. The standard InChI is InChI=1S/C12H21N3O4/c1-2-13-10(16)8-14-12(19)15-6-4-3-5-9(15)7-11(17)18/h9H,2-8H2,1H3,(H,13,16)(H,14,19)(H,17,18). The van der Waals surface area contributed by atoms with Crippen molar-refractivity contribution in [3.05, 3.63) is 0 Å². The lowest BCUT2D eigenvalue weighted by molar-refractivity contribution is -0.138. The molecule has 1 heterocycles. The fraction of sp³-hybridized carbons (Fsp3) is 0.750. The van der Waals surface area contributed by atoms with Crippen molar-refractivity contribution in [2.24, 2.45) is 0 Å². The number of hydrogen-bond donors (Lipinski definition) is 3. The topological polar surface area (TPSA) is 98.7 Å². The van der Waals surface area contributed by atoms with Crippen molar-refractivity contribution < 1.29 is 19.5 Å². The Balaban J connectivity index is 2.47. The molecule has 0 aromatic rings. The summed E-state index contributed by atoms with van der Waals surface area (Å²) in [6.45, 7) is 2.77. The number of rotatable bonds is 5. The first-order valence-corrected chi connectivity index (χ1v) is 6.57. The molecule has 1 aliphatic rings. The van der Waals surface area contributed by atoms with Gasteiger partial charge in [-0.05, 0) is 26.2 Å². The van der Waals surface area contributed by atoms with Crippen LogP contribution in [0.2, 0.25) is 0 Å². The number of carboxylic acid groups (broad SMARTS) is 1. The zero-order valence-corrected chi connectivity index (χ0v) is 11.1. The minimum absolute atomic E-state index is 0.0470. The number of carboxylic acids is 1. The van der Waals surface area contributed by atoms with Crippen molar-refractivity contribution in [3.63, 3.8) is 0 Å². The molecule has 0 bridgehead atoms. The Morgan fingerprint density at radius 3 is 2.63 bits per heavy atom. The molecule has 1 unspecified atom stereocenters. The van der Waals surface area contributed by atoms with Crippen LogP contribution in [0, 0.1) is 0 Å². The second-order valence-corrected chi connectivity index (χ2v) is 4.55. The number of urea groups is 1. The Kier molecular flexibility index (Phi) is 6.11. The van der Waals surface area contributed by atoms with Gasteiger partial charge >= 0.3 is 12.0 Å². The number of nitrogens with zero attached hydrogens (tertiary/aromatic N) is 1. The SMILES string of the molecule is CCNC(=O)CNC(=O)N1CCCCC1CC(=O)O. The third kappa shape index (κ3) is 5.15. The van der Waals surface area contributed by atoms with Crippen LogP contribution in [0.15, 0.2) is 0 Å². The van der Waals surface area contributed by atoms with E-state index >= 15 is 0 Å². The van der Waals surface area contributed by atoms with Crippen molar-refractivity contribution in [1.82, 2.24) is 15.5 Å². The minimum atomic E-state index is -0.909. The summed E-state index contributed by atoms with van der Waals surface area (Å²) in [5.74, 6) is -1.16. The van der Waals surface area contributed by atoms with Gasteiger partial charge in [0.25, 0.3) is 0 Å². The minimum Gasteiger partial charge on any atom is -0.481 e. The molecule has 3 N–H and O–H groups in total. The summed E-state index contributed by atoms with van der Waals surface area (Å²) in [6.07, 6.45) is 2.44. The van der Waals surface area contributed by atoms with Crippen LogP contribution < -0.4 is 10.6 Å². The smallest absolute Gasteiger partial charge is 0.318 e. The predicted octanol–water partition coefficient (Wildman–Crippen LogP) is 0.161. The van der Waals surface area contributed by atoms with Gasteiger partial charge in [0.1, 0.15) is 0 Å². The van der Waals surface area contributed by atoms with E-state index in [1.807, 2.05) is 0 Å². The molecule has 3 amide bonds. The summed E-state index contributed by atoms with van der Waals surface area (Å²) in [5.41, 5.74) is 0. The Hall–Kier alpha value is -1.79. The molecule has 1 aliphatic heterocycles. The molecule has 0 aliphatic carbocycles. The van der Waals surface area contributed by atoms with Gasteiger partial charge in [0.2, 0.25) is 5.91 Å². The number of carbonyl (C=O) groups excluding carboxylic acids is 2. The van der Waals surface area contributed by atoms with Crippen LogP contribution in [0.25, 0.3) is 0 Å². The normalized spacial score (nSPS) is 18.8. The molecular weight excluding hydrogens is 250 g/mol. The van der Waals surface area contributed by atoms with E-state index in [2.05, 4.69) is 10.6 Å². The number of nitrogens with one attached hydrogen (secondary N) is 2.